The van der Waals surface area contributed by atoms with E-state index >= 15 is 0 Å². The van der Waals surface area contributed by atoms with Gasteiger partial charge in [-0.3, -0.25) is 0 Å². The molecule has 0 aliphatic heterocycles. The molecule has 0 fully saturated rings. The van der Waals surface area contributed by atoms with Crippen LogP contribution in [0.5, 0.6) is 11.5 Å². The van der Waals surface area contributed by atoms with Crippen LogP contribution in [-0.4, -0.2) is 25.2 Å². The minimum Gasteiger partial charge on any atom is -0.494 e. The Morgan fingerprint density at radius 3 is 2.18 bits per heavy atom. The van der Waals surface area contributed by atoms with Crippen molar-refractivity contribution in [2.24, 2.45) is 11.8 Å². The van der Waals surface area contributed by atoms with Crippen molar-refractivity contribution >= 4 is 11.9 Å². The first kappa shape index (κ1) is 21.5. The van der Waals surface area contributed by atoms with E-state index in [0.29, 0.717) is 41.8 Å². The molecule has 0 unspecified atom stereocenters. The molecule has 0 aliphatic carbocycles. The molecule has 5 heteroatoms. The lowest BCUT2D eigenvalue weighted by Gasteiger charge is -2.10. The van der Waals surface area contributed by atoms with Gasteiger partial charge < -0.3 is 14.2 Å². The Balaban J connectivity index is 1.95. The lowest BCUT2D eigenvalue weighted by Crippen LogP contribution is -2.11. The molecule has 0 amide bonds. The van der Waals surface area contributed by atoms with Gasteiger partial charge in [0.2, 0.25) is 0 Å². The molecular formula is C23H28O5. The van der Waals surface area contributed by atoms with Crippen molar-refractivity contribution in [1.29, 1.82) is 0 Å². The average Bonchev–Trinajstić information content (AvgIpc) is 2.66. The molecular weight excluding hydrogens is 356 g/mol. The number of carbonyl (C=O) groups excluding carboxylic acids is 2. The molecule has 5 nitrogen and oxygen atoms in total. The number of carbonyl (C=O) groups is 2. The maximum absolute atomic E-state index is 12.3. The normalized spacial score (nSPS) is 10.8. The fourth-order valence-corrected chi connectivity index (χ4v) is 2.28. The molecule has 0 aliphatic rings. The van der Waals surface area contributed by atoms with Gasteiger partial charge in [0.25, 0.3) is 0 Å². The van der Waals surface area contributed by atoms with Gasteiger partial charge >= 0.3 is 11.9 Å². The highest BCUT2D eigenvalue weighted by Gasteiger charge is 2.13. The second-order valence-corrected chi connectivity index (χ2v) is 7.47. The van der Waals surface area contributed by atoms with Crippen LogP contribution in [0.3, 0.4) is 0 Å². The van der Waals surface area contributed by atoms with Crippen LogP contribution in [0, 0.1) is 11.8 Å². The van der Waals surface area contributed by atoms with Crippen molar-refractivity contribution in [3.63, 3.8) is 0 Å². The van der Waals surface area contributed by atoms with E-state index in [-0.39, 0.29) is 5.92 Å². The number of hydrogen-bond donors (Lipinski definition) is 0. The van der Waals surface area contributed by atoms with Crippen molar-refractivity contribution in [3.8, 4) is 11.5 Å². The Labute approximate surface area is 166 Å². The van der Waals surface area contributed by atoms with Crippen molar-refractivity contribution in [1.82, 2.24) is 0 Å². The fraction of sp³-hybridized carbons (Fsp3) is 0.391. The molecule has 0 saturated carbocycles. The minimum absolute atomic E-state index is 0.252. The summed E-state index contributed by atoms with van der Waals surface area (Å²) in [6.07, 6.45) is 0.972. The Bertz CT molecular complexity index is 778. The van der Waals surface area contributed by atoms with E-state index < -0.39 is 11.9 Å². The summed E-state index contributed by atoms with van der Waals surface area (Å²) in [5.74, 6) is 0.902. The van der Waals surface area contributed by atoms with Gasteiger partial charge in [0.05, 0.1) is 24.3 Å². The second kappa shape index (κ2) is 10.5. The molecule has 150 valence electrons. The van der Waals surface area contributed by atoms with Gasteiger partial charge in [-0.15, -0.1) is 0 Å². The number of ether oxygens (including phenoxy) is 3. The summed E-state index contributed by atoms with van der Waals surface area (Å²) in [4.78, 5) is 24.4. The standard InChI is InChI=1S/C23H28O5/c1-16(2)12-13-26-20-10-8-18(9-11-20)23(25)28-21-7-5-6-19(14-21)22(24)27-15-17(3)4/h5-11,14,16-17H,12-13,15H2,1-4H3. The van der Waals surface area contributed by atoms with Crippen molar-refractivity contribution in [2.45, 2.75) is 34.1 Å². The van der Waals surface area contributed by atoms with Crippen LogP contribution < -0.4 is 9.47 Å². The number of benzene rings is 2. The van der Waals surface area contributed by atoms with Crippen LogP contribution in [-0.2, 0) is 4.74 Å². The topological polar surface area (TPSA) is 61.8 Å². The Kier molecular flexibility index (Phi) is 8.05. The van der Waals surface area contributed by atoms with Gasteiger partial charge in [-0.05, 0) is 60.7 Å². The Hall–Kier alpha value is -2.82. The van der Waals surface area contributed by atoms with E-state index in [4.69, 9.17) is 14.2 Å². The Morgan fingerprint density at radius 2 is 1.54 bits per heavy atom. The highest BCUT2D eigenvalue weighted by molar-refractivity contribution is 5.92. The summed E-state index contributed by atoms with van der Waals surface area (Å²) >= 11 is 0. The molecule has 0 heterocycles. The van der Waals surface area contributed by atoms with Gasteiger partial charge in [0.15, 0.2) is 0 Å². The summed E-state index contributed by atoms with van der Waals surface area (Å²) in [7, 11) is 0. The highest BCUT2D eigenvalue weighted by atomic mass is 16.5. The smallest absolute Gasteiger partial charge is 0.343 e. The zero-order valence-electron chi connectivity index (χ0n) is 16.9. The van der Waals surface area contributed by atoms with Crippen LogP contribution in [0.25, 0.3) is 0 Å². The third kappa shape index (κ3) is 7.06. The molecule has 0 N–H and O–H groups in total. The fourth-order valence-electron chi connectivity index (χ4n) is 2.28. The minimum atomic E-state index is -0.499. The van der Waals surface area contributed by atoms with Gasteiger partial charge in [-0.2, -0.15) is 0 Å². The predicted molar refractivity (Wildman–Crippen MR) is 108 cm³/mol. The molecule has 2 aromatic carbocycles. The lowest BCUT2D eigenvalue weighted by molar-refractivity contribution is 0.0457. The van der Waals surface area contributed by atoms with Gasteiger partial charge in [0, 0.05) is 0 Å². The average molecular weight is 384 g/mol. The molecule has 0 saturated heterocycles. The summed E-state index contributed by atoms with van der Waals surface area (Å²) in [6, 6.07) is 13.2. The maximum Gasteiger partial charge on any atom is 0.343 e. The lowest BCUT2D eigenvalue weighted by atomic mass is 10.1. The second-order valence-electron chi connectivity index (χ2n) is 7.47. The zero-order valence-corrected chi connectivity index (χ0v) is 16.9. The monoisotopic (exact) mass is 384 g/mol. The number of hydrogen-bond acceptors (Lipinski definition) is 5. The maximum atomic E-state index is 12.3. The van der Waals surface area contributed by atoms with E-state index in [9.17, 15) is 9.59 Å². The van der Waals surface area contributed by atoms with E-state index in [1.807, 2.05) is 13.8 Å². The van der Waals surface area contributed by atoms with Crippen molar-refractivity contribution < 1.29 is 23.8 Å². The van der Waals surface area contributed by atoms with Crippen molar-refractivity contribution in [3.05, 3.63) is 59.7 Å². The summed E-state index contributed by atoms with van der Waals surface area (Å²) in [5.41, 5.74) is 0.754. The van der Waals surface area contributed by atoms with Crippen LogP contribution in [0.1, 0.15) is 54.8 Å². The molecule has 2 rings (SSSR count). The molecule has 0 bridgehead atoms. The zero-order chi connectivity index (χ0) is 20.5. The van der Waals surface area contributed by atoms with Crippen LogP contribution in [0.15, 0.2) is 48.5 Å². The van der Waals surface area contributed by atoms with Gasteiger partial charge in [-0.1, -0.05) is 33.8 Å². The molecule has 0 atom stereocenters. The summed E-state index contributed by atoms with van der Waals surface area (Å²) in [5, 5.41) is 0. The third-order valence-corrected chi connectivity index (χ3v) is 3.88. The molecule has 2 aromatic rings. The summed E-state index contributed by atoms with van der Waals surface area (Å²) < 4.78 is 16.2. The summed E-state index contributed by atoms with van der Waals surface area (Å²) in [6.45, 7) is 9.19. The quantitative estimate of drug-likeness (QED) is 0.442. The van der Waals surface area contributed by atoms with Gasteiger partial charge in [-0.25, -0.2) is 9.59 Å². The van der Waals surface area contributed by atoms with E-state index in [0.717, 1.165) is 6.42 Å². The van der Waals surface area contributed by atoms with Crippen LogP contribution in [0.4, 0.5) is 0 Å². The van der Waals surface area contributed by atoms with Crippen molar-refractivity contribution in [2.75, 3.05) is 13.2 Å². The van der Waals surface area contributed by atoms with E-state index in [1.165, 1.54) is 6.07 Å². The van der Waals surface area contributed by atoms with Gasteiger partial charge in [0.1, 0.15) is 11.5 Å². The molecule has 0 aromatic heterocycles. The third-order valence-electron chi connectivity index (χ3n) is 3.88. The Morgan fingerprint density at radius 1 is 0.821 bits per heavy atom. The van der Waals surface area contributed by atoms with E-state index in [1.54, 1.807) is 42.5 Å². The first-order valence-electron chi connectivity index (χ1n) is 9.57. The first-order valence-corrected chi connectivity index (χ1v) is 9.57. The first-order chi connectivity index (χ1) is 13.3. The number of esters is 2. The largest absolute Gasteiger partial charge is 0.494 e. The predicted octanol–water partition coefficient (Wildman–Crippen LogP) is 5.14. The molecule has 28 heavy (non-hydrogen) atoms. The van der Waals surface area contributed by atoms with E-state index in [2.05, 4.69) is 13.8 Å². The highest BCUT2D eigenvalue weighted by Crippen LogP contribution is 2.18. The van der Waals surface area contributed by atoms with Crippen LogP contribution >= 0.6 is 0 Å². The molecule has 0 radical (unpaired) electrons. The van der Waals surface area contributed by atoms with Crippen LogP contribution in [0.2, 0.25) is 0 Å². The number of rotatable bonds is 9. The molecule has 0 spiro atoms. The SMILES string of the molecule is CC(C)CCOc1ccc(C(=O)Oc2cccc(C(=O)OCC(C)C)c2)cc1.